The summed E-state index contributed by atoms with van der Waals surface area (Å²) in [5.74, 6) is 0.720. The first-order chi connectivity index (χ1) is 10.0. The smallest absolute Gasteiger partial charge is 0.123 e. The Bertz CT molecular complexity index is 598. The first kappa shape index (κ1) is 16.5. The highest BCUT2D eigenvalue weighted by molar-refractivity contribution is 9.10. The minimum atomic E-state index is -0.196. The Morgan fingerprint density at radius 1 is 1.38 bits per heavy atom. The van der Waals surface area contributed by atoms with Crippen LogP contribution in [0.2, 0.25) is 0 Å². The molecule has 3 nitrogen and oxygen atoms in total. The molecule has 2 rings (SSSR count). The molecule has 0 saturated carbocycles. The number of aryl methyl sites for hydroxylation is 2. The van der Waals surface area contributed by atoms with E-state index < -0.39 is 0 Å². The molecule has 1 atom stereocenters. The molecule has 1 unspecified atom stereocenters. The third-order valence-electron chi connectivity index (χ3n) is 3.37. The maximum atomic E-state index is 12.9. The van der Waals surface area contributed by atoms with E-state index in [9.17, 15) is 4.39 Å². The summed E-state index contributed by atoms with van der Waals surface area (Å²) >= 11 is 5.33. The van der Waals surface area contributed by atoms with Gasteiger partial charge in [-0.25, -0.2) is 4.39 Å². The van der Waals surface area contributed by atoms with Gasteiger partial charge in [0.2, 0.25) is 0 Å². The average Bonchev–Trinajstić information content (AvgIpc) is 2.71. The monoisotopic (exact) mass is 371 g/mol. The molecule has 0 aliphatic rings. The largest absolute Gasteiger partial charge is 0.316 e. The summed E-state index contributed by atoms with van der Waals surface area (Å²) in [6, 6.07) is 6.95. The van der Waals surface area contributed by atoms with Gasteiger partial charge < -0.3 is 5.32 Å². The predicted octanol–water partition coefficient (Wildman–Crippen LogP) is 3.55. The molecule has 1 heterocycles. The van der Waals surface area contributed by atoms with Crippen molar-refractivity contribution in [1.29, 1.82) is 0 Å². The van der Waals surface area contributed by atoms with E-state index in [0.29, 0.717) is 6.04 Å². The van der Waals surface area contributed by atoms with Gasteiger partial charge in [-0.15, -0.1) is 11.8 Å². The van der Waals surface area contributed by atoms with E-state index in [1.54, 1.807) is 11.8 Å². The van der Waals surface area contributed by atoms with Crippen molar-refractivity contribution in [2.75, 3.05) is 12.8 Å². The van der Waals surface area contributed by atoms with Crippen LogP contribution in [0.1, 0.15) is 11.4 Å². The molecule has 0 spiro atoms. The number of thioether (sulfide) groups is 1. The first-order valence-corrected chi connectivity index (χ1v) is 8.52. The van der Waals surface area contributed by atoms with Gasteiger partial charge >= 0.3 is 0 Å². The lowest BCUT2D eigenvalue weighted by Crippen LogP contribution is -2.31. The van der Waals surface area contributed by atoms with E-state index in [2.05, 4.69) is 26.3 Å². The topological polar surface area (TPSA) is 29.9 Å². The summed E-state index contributed by atoms with van der Waals surface area (Å²) in [5.41, 5.74) is 2.19. The van der Waals surface area contributed by atoms with Gasteiger partial charge in [0.05, 0.1) is 15.9 Å². The van der Waals surface area contributed by atoms with Crippen molar-refractivity contribution in [1.82, 2.24) is 15.1 Å². The molecule has 2 aromatic rings. The van der Waals surface area contributed by atoms with Crippen LogP contribution in [0, 0.1) is 12.7 Å². The van der Waals surface area contributed by atoms with Crippen LogP contribution in [0.25, 0.3) is 0 Å². The highest BCUT2D eigenvalue weighted by Crippen LogP contribution is 2.24. The van der Waals surface area contributed by atoms with E-state index in [4.69, 9.17) is 0 Å². The normalized spacial score (nSPS) is 12.6. The number of hydrogen-bond donors (Lipinski definition) is 1. The van der Waals surface area contributed by atoms with Crippen LogP contribution in [0.3, 0.4) is 0 Å². The number of hydrogen-bond acceptors (Lipinski definition) is 3. The third-order valence-corrected chi connectivity index (χ3v) is 5.58. The molecule has 1 aromatic carbocycles. The number of benzene rings is 1. The number of likely N-dealkylation sites (N-methyl/N-ethyl adjacent to an activating group) is 1. The lowest BCUT2D eigenvalue weighted by molar-refractivity contribution is 0.580. The second-order valence-corrected chi connectivity index (χ2v) is 6.81. The molecule has 0 fully saturated rings. The number of halogens is 2. The molecule has 1 aromatic heterocycles. The molecule has 0 saturated heterocycles. The summed E-state index contributed by atoms with van der Waals surface area (Å²) < 4.78 is 15.9. The average molecular weight is 372 g/mol. The zero-order chi connectivity index (χ0) is 15.4. The second-order valence-electron chi connectivity index (χ2n) is 4.92. The first-order valence-electron chi connectivity index (χ1n) is 6.75. The Balaban J connectivity index is 1.98. The summed E-state index contributed by atoms with van der Waals surface area (Å²) in [5, 5.41) is 7.76. The molecule has 0 amide bonds. The maximum absolute atomic E-state index is 12.9. The van der Waals surface area contributed by atoms with Gasteiger partial charge in [0, 0.05) is 30.2 Å². The van der Waals surface area contributed by atoms with Crippen LogP contribution in [0.5, 0.6) is 0 Å². The molecule has 0 radical (unpaired) electrons. The van der Waals surface area contributed by atoms with Crippen molar-refractivity contribution >= 4 is 27.7 Å². The Morgan fingerprint density at radius 2 is 2.05 bits per heavy atom. The van der Waals surface area contributed by atoms with E-state index >= 15 is 0 Å². The molecular weight excluding hydrogens is 353 g/mol. The number of nitrogens with one attached hydrogen (secondary N) is 1. The van der Waals surface area contributed by atoms with E-state index in [1.165, 1.54) is 17.8 Å². The maximum Gasteiger partial charge on any atom is 0.123 e. The second kappa shape index (κ2) is 7.42. The highest BCUT2D eigenvalue weighted by atomic mass is 79.9. The molecule has 6 heteroatoms. The Morgan fingerprint density at radius 3 is 2.57 bits per heavy atom. The molecule has 1 N–H and O–H groups in total. The van der Waals surface area contributed by atoms with Crippen LogP contribution in [0.4, 0.5) is 4.39 Å². The van der Waals surface area contributed by atoms with E-state index in [1.807, 2.05) is 37.8 Å². The van der Waals surface area contributed by atoms with Crippen LogP contribution >= 0.6 is 27.7 Å². The number of nitrogens with zero attached hydrogens (tertiary/aromatic N) is 2. The van der Waals surface area contributed by atoms with Crippen molar-refractivity contribution in [2.24, 2.45) is 7.05 Å². The van der Waals surface area contributed by atoms with Crippen molar-refractivity contribution in [3.8, 4) is 0 Å². The summed E-state index contributed by atoms with van der Waals surface area (Å²) in [6.07, 6.45) is 0.891. The minimum Gasteiger partial charge on any atom is -0.316 e. The molecule has 114 valence electrons. The third kappa shape index (κ3) is 4.31. The summed E-state index contributed by atoms with van der Waals surface area (Å²) in [7, 11) is 3.93. The Hall–Kier alpha value is -0.850. The van der Waals surface area contributed by atoms with Crippen molar-refractivity contribution in [3.05, 3.63) is 45.9 Å². The SMILES string of the molecule is CNC(CSc1ccc(F)cc1)Cc1c(Br)c(C)nn1C. The van der Waals surface area contributed by atoms with Crippen LogP contribution in [-0.4, -0.2) is 28.6 Å². The van der Waals surface area contributed by atoms with E-state index in [-0.39, 0.29) is 5.82 Å². The van der Waals surface area contributed by atoms with Gasteiger partial charge in [0.15, 0.2) is 0 Å². The van der Waals surface area contributed by atoms with Crippen LogP contribution in [-0.2, 0) is 13.5 Å². The molecule has 0 bridgehead atoms. The number of aromatic nitrogens is 2. The predicted molar refractivity (Wildman–Crippen MR) is 89.3 cm³/mol. The quantitative estimate of drug-likeness (QED) is 0.787. The zero-order valence-electron chi connectivity index (χ0n) is 12.4. The fraction of sp³-hybridized carbons (Fsp3) is 0.400. The van der Waals surface area contributed by atoms with Crippen molar-refractivity contribution < 1.29 is 4.39 Å². The Labute approximate surface area is 137 Å². The lowest BCUT2D eigenvalue weighted by Gasteiger charge is -2.16. The highest BCUT2D eigenvalue weighted by Gasteiger charge is 2.16. The van der Waals surface area contributed by atoms with E-state index in [0.717, 1.165) is 27.2 Å². The number of rotatable bonds is 6. The van der Waals surface area contributed by atoms with Gasteiger partial charge in [-0.3, -0.25) is 4.68 Å². The summed E-state index contributed by atoms with van der Waals surface area (Å²) in [4.78, 5) is 1.08. The molecule has 0 aliphatic heterocycles. The lowest BCUT2D eigenvalue weighted by atomic mass is 10.2. The molecular formula is C15H19BrFN3S. The van der Waals surface area contributed by atoms with Crippen molar-refractivity contribution in [2.45, 2.75) is 24.3 Å². The fourth-order valence-electron chi connectivity index (χ4n) is 2.11. The standard InChI is InChI=1S/C15H19BrFN3S/c1-10-15(16)14(20(3)19-10)8-12(18-2)9-21-13-6-4-11(17)5-7-13/h4-7,12,18H,8-9H2,1-3H3. The van der Waals surface area contributed by atoms with Crippen molar-refractivity contribution in [3.63, 3.8) is 0 Å². The van der Waals surface area contributed by atoms with Crippen LogP contribution < -0.4 is 5.32 Å². The Kier molecular flexibility index (Phi) is 5.84. The van der Waals surface area contributed by atoms with Crippen LogP contribution in [0.15, 0.2) is 33.6 Å². The fourth-order valence-corrected chi connectivity index (χ4v) is 3.61. The van der Waals surface area contributed by atoms with Gasteiger partial charge in [-0.05, 0) is 54.2 Å². The molecule has 0 aliphatic carbocycles. The summed E-state index contributed by atoms with van der Waals surface area (Å²) in [6.45, 7) is 2.00. The zero-order valence-corrected chi connectivity index (χ0v) is 14.8. The van der Waals surface area contributed by atoms with Gasteiger partial charge in [-0.2, -0.15) is 5.10 Å². The molecule has 21 heavy (non-hydrogen) atoms. The van der Waals surface area contributed by atoms with Gasteiger partial charge in [0.25, 0.3) is 0 Å². The van der Waals surface area contributed by atoms with Gasteiger partial charge in [-0.1, -0.05) is 0 Å². The van der Waals surface area contributed by atoms with Gasteiger partial charge in [0.1, 0.15) is 5.82 Å². The minimum absolute atomic E-state index is 0.196.